The lowest BCUT2D eigenvalue weighted by Crippen LogP contribution is -2.06. The van der Waals surface area contributed by atoms with Gasteiger partial charge in [-0.05, 0) is 43.2 Å². The Morgan fingerprint density at radius 3 is 2.70 bits per heavy atom. The van der Waals surface area contributed by atoms with Crippen LogP contribution >= 0.6 is 0 Å². The normalized spacial score (nSPS) is 10.5. The number of rotatable bonds is 5. The molecule has 0 amide bonds. The van der Waals surface area contributed by atoms with Crippen LogP contribution in [0.3, 0.4) is 0 Å². The van der Waals surface area contributed by atoms with E-state index >= 15 is 0 Å². The van der Waals surface area contributed by atoms with E-state index in [4.69, 9.17) is 0 Å². The second-order valence-corrected chi connectivity index (χ2v) is 5.46. The fourth-order valence-corrected chi connectivity index (χ4v) is 2.44. The van der Waals surface area contributed by atoms with Gasteiger partial charge in [0.25, 0.3) is 0 Å². The molecule has 4 heteroatoms. The van der Waals surface area contributed by atoms with Crippen LogP contribution in [0.4, 0.5) is 17.5 Å². The Labute approximate surface area is 136 Å². The van der Waals surface area contributed by atoms with E-state index in [1.165, 1.54) is 11.1 Å². The summed E-state index contributed by atoms with van der Waals surface area (Å²) < 4.78 is 0. The molecule has 0 aliphatic carbocycles. The molecule has 0 aliphatic heterocycles. The summed E-state index contributed by atoms with van der Waals surface area (Å²) in [5.41, 5.74) is 4.36. The number of benzene rings is 2. The molecule has 0 saturated heterocycles. The third kappa shape index (κ3) is 3.16. The Hall–Kier alpha value is -2.88. The lowest BCUT2D eigenvalue weighted by atomic mass is 10.1. The van der Waals surface area contributed by atoms with E-state index in [1.54, 1.807) is 0 Å². The van der Waals surface area contributed by atoms with Crippen molar-refractivity contribution in [3.8, 4) is 0 Å². The van der Waals surface area contributed by atoms with Crippen LogP contribution in [-0.2, 0) is 0 Å². The van der Waals surface area contributed by atoms with Gasteiger partial charge in [0, 0.05) is 17.6 Å². The molecule has 2 N–H and O–H groups in total. The highest BCUT2D eigenvalue weighted by atomic mass is 15.1. The van der Waals surface area contributed by atoms with Gasteiger partial charge in [-0.2, -0.15) is 4.98 Å². The first-order chi connectivity index (χ1) is 11.2. The molecule has 2 aromatic carbocycles. The maximum atomic E-state index is 4.62. The fourth-order valence-electron chi connectivity index (χ4n) is 2.44. The summed E-state index contributed by atoms with van der Waals surface area (Å²) in [7, 11) is 0. The fraction of sp³-hybridized carbons (Fsp3) is 0.158. The lowest BCUT2D eigenvalue weighted by molar-refractivity contribution is 1.17. The Morgan fingerprint density at radius 1 is 1.04 bits per heavy atom. The zero-order chi connectivity index (χ0) is 16.2. The monoisotopic (exact) mass is 304 g/mol. The summed E-state index contributed by atoms with van der Waals surface area (Å²) in [4.78, 5) is 9.25. The summed E-state index contributed by atoms with van der Waals surface area (Å²) >= 11 is 0. The van der Waals surface area contributed by atoms with Crippen molar-refractivity contribution in [2.75, 3.05) is 17.2 Å². The minimum Gasteiger partial charge on any atom is -0.366 e. The molecule has 0 fully saturated rings. The molecular weight excluding hydrogens is 284 g/mol. The first kappa shape index (κ1) is 15.0. The SMILES string of the molecule is C=CCNc1nc(Nc2cccc(C)c2C)nc2ccccc12. The molecule has 0 aliphatic rings. The second kappa shape index (κ2) is 6.48. The van der Waals surface area contributed by atoms with E-state index < -0.39 is 0 Å². The van der Waals surface area contributed by atoms with Gasteiger partial charge in [-0.3, -0.25) is 0 Å². The van der Waals surface area contributed by atoms with Gasteiger partial charge in [-0.25, -0.2) is 4.98 Å². The van der Waals surface area contributed by atoms with Crippen LogP contribution in [0.5, 0.6) is 0 Å². The third-order valence-electron chi connectivity index (χ3n) is 3.87. The highest BCUT2D eigenvalue weighted by molar-refractivity contribution is 5.90. The molecule has 0 spiro atoms. The summed E-state index contributed by atoms with van der Waals surface area (Å²) in [6.45, 7) is 8.59. The molecule has 0 atom stereocenters. The van der Waals surface area contributed by atoms with Crippen molar-refractivity contribution in [2.45, 2.75) is 13.8 Å². The Morgan fingerprint density at radius 2 is 1.87 bits per heavy atom. The number of hydrogen-bond donors (Lipinski definition) is 2. The van der Waals surface area contributed by atoms with Gasteiger partial charge >= 0.3 is 0 Å². The zero-order valence-corrected chi connectivity index (χ0v) is 13.4. The number of para-hydroxylation sites is 1. The van der Waals surface area contributed by atoms with Gasteiger partial charge in [0.2, 0.25) is 5.95 Å². The van der Waals surface area contributed by atoms with E-state index in [0.29, 0.717) is 12.5 Å². The molecule has 3 rings (SSSR count). The molecule has 116 valence electrons. The second-order valence-electron chi connectivity index (χ2n) is 5.46. The molecule has 1 aromatic heterocycles. The predicted octanol–water partition coefficient (Wildman–Crippen LogP) is 4.59. The lowest BCUT2D eigenvalue weighted by Gasteiger charge is -2.13. The average molecular weight is 304 g/mol. The van der Waals surface area contributed by atoms with Crippen LogP contribution in [-0.4, -0.2) is 16.5 Å². The van der Waals surface area contributed by atoms with Crippen LogP contribution in [0.25, 0.3) is 10.9 Å². The number of fused-ring (bicyclic) bond motifs is 1. The van der Waals surface area contributed by atoms with Crippen molar-refractivity contribution in [1.82, 2.24) is 9.97 Å². The van der Waals surface area contributed by atoms with Crippen LogP contribution in [0.1, 0.15) is 11.1 Å². The van der Waals surface area contributed by atoms with Crippen molar-refractivity contribution in [2.24, 2.45) is 0 Å². The molecule has 4 nitrogen and oxygen atoms in total. The van der Waals surface area contributed by atoms with Crippen molar-refractivity contribution >= 4 is 28.4 Å². The number of nitrogens with zero attached hydrogens (tertiary/aromatic N) is 2. The first-order valence-electron chi connectivity index (χ1n) is 7.64. The summed E-state index contributed by atoms with van der Waals surface area (Å²) in [5, 5.41) is 7.62. The van der Waals surface area contributed by atoms with Crippen molar-refractivity contribution in [1.29, 1.82) is 0 Å². The highest BCUT2D eigenvalue weighted by Gasteiger charge is 2.08. The Kier molecular flexibility index (Phi) is 4.24. The van der Waals surface area contributed by atoms with Crippen molar-refractivity contribution < 1.29 is 0 Å². The van der Waals surface area contributed by atoms with Crippen LogP contribution in [0.2, 0.25) is 0 Å². The van der Waals surface area contributed by atoms with Gasteiger partial charge in [0.15, 0.2) is 0 Å². The number of hydrogen-bond acceptors (Lipinski definition) is 4. The van der Waals surface area contributed by atoms with Gasteiger partial charge in [-0.15, -0.1) is 6.58 Å². The largest absolute Gasteiger partial charge is 0.366 e. The van der Waals surface area contributed by atoms with Crippen molar-refractivity contribution in [3.63, 3.8) is 0 Å². The van der Waals surface area contributed by atoms with Gasteiger partial charge in [-0.1, -0.05) is 30.3 Å². The van der Waals surface area contributed by atoms with Crippen LogP contribution in [0.15, 0.2) is 55.1 Å². The average Bonchev–Trinajstić information content (AvgIpc) is 2.57. The molecule has 1 heterocycles. The molecule has 0 radical (unpaired) electrons. The molecule has 0 unspecified atom stereocenters. The number of anilines is 3. The van der Waals surface area contributed by atoms with Crippen LogP contribution in [0, 0.1) is 13.8 Å². The van der Waals surface area contributed by atoms with E-state index in [0.717, 1.165) is 22.4 Å². The molecule has 0 saturated carbocycles. The number of nitrogens with one attached hydrogen (secondary N) is 2. The molecule has 0 bridgehead atoms. The standard InChI is InChI=1S/C19H20N4/c1-4-12-20-18-15-9-5-6-10-17(15)22-19(23-18)21-16-11-7-8-13(2)14(16)3/h4-11H,1,12H2,2-3H3,(H2,20,21,22,23). The smallest absolute Gasteiger partial charge is 0.229 e. The van der Waals surface area contributed by atoms with E-state index in [9.17, 15) is 0 Å². The van der Waals surface area contributed by atoms with E-state index in [2.05, 4.69) is 47.1 Å². The van der Waals surface area contributed by atoms with E-state index in [1.807, 2.05) is 42.5 Å². The summed E-state index contributed by atoms with van der Waals surface area (Å²) in [5.74, 6) is 1.40. The van der Waals surface area contributed by atoms with Crippen molar-refractivity contribution in [3.05, 3.63) is 66.2 Å². The third-order valence-corrected chi connectivity index (χ3v) is 3.87. The Bertz CT molecular complexity index is 855. The molecule has 3 aromatic rings. The summed E-state index contributed by atoms with van der Waals surface area (Å²) in [6, 6.07) is 14.1. The van der Waals surface area contributed by atoms with Gasteiger partial charge in [0.1, 0.15) is 5.82 Å². The quantitative estimate of drug-likeness (QED) is 0.677. The Balaban J connectivity index is 2.03. The molecular formula is C19H20N4. The number of aryl methyl sites for hydroxylation is 1. The minimum atomic E-state index is 0.587. The van der Waals surface area contributed by atoms with Gasteiger partial charge in [0.05, 0.1) is 5.52 Å². The maximum Gasteiger partial charge on any atom is 0.229 e. The predicted molar refractivity (Wildman–Crippen MR) is 97.4 cm³/mol. The first-order valence-corrected chi connectivity index (χ1v) is 7.64. The van der Waals surface area contributed by atoms with Gasteiger partial charge < -0.3 is 10.6 Å². The molecule has 23 heavy (non-hydrogen) atoms. The maximum absolute atomic E-state index is 4.62. The number of aromatic nitrogens is 2. The minimum absolute atomic E-state index is 0.587. The van der Waals surface area contributed by atoms with E-state index in [-0.39, 0.29) is 0 Å². The van der Waals surface area contributed by atoms with Crippen LogP contribution < -0.4 is 10.6 Å². The highest BCUT2D eigenvalue weighted by Crippen LogP contribution is 2.25. The topological polar surface area (TPSA) is 49.8 Å². The zero-order valence-electron chi connectivity index (χ0n) is 13.4. The summed E-state index contributed by atoms with van der Waals surface area (Å²) in [6.07, 6.45) is 1.81.